The molecule has 62 valence electrons. The summed E-state index contributed by atoms with van der Waals surface area (Å²) in [5.74, 6) is 2.28. The Morgan fingerprint density at radius 1 is 1.18 bits per heavy atom. The SMILES string of the molecule is COC1=CCC=C(OC)C1C. The number of rotatable bonds is 2. The molecule has 0 bridgehead atoms. The minimum absolute atomic E-state index is 0.277. The molecule has 11 heavy (non-hydrogen) atoms. The average Bonchev–Trinajstić information content (AvgIpc) is 2.05. The molecule has 0 saturated carbocycles. The molecule has 0 aromatic carbocycles. The van der Waals surface area contributed by atoms with Gasteiger partial charge in [0, 0.05) is 0 Å². The molecular formula is C9H14O2. The Kier molecular flexibility index (Phi) is 2.58. The largest absolute Gasteiger partial charge is 0.501 e. The minimum atomic E-state index is 0.277. The molecule has 1 aliphatic rings. The summed E-state index contributed by atoms with van der Waals surface area (Å²) in [6.07, 6.45) is 5.07. The molecule has 1 aliphatic carbocycles. The van der Waals surface area contributed by atoms with Crippen LogP contribution >= 0.6 is 0 Å². The predicted octanol–water partition coefficient (Wildman–Crippen LogP) is 2.09. The monoisotopic (exact) mass is 154 g/mol. The Balaban J connectivity index is 2.69. The van der Waals surface area contributed by atoms with Crippen LogP contribution in [-0.2, 0) is 9.47 Å². The van der Waals surface area contributed by atoms with E-state index in [2.05, 4.69) is 19.1 Å². The summed E-state index contributed by atoms with van der Waals surface area (Å²) >= 11 is 0. The molecule has 2 heteroatoms. The van der Waals surface area contributed by atoms with Crippen LogP contribution in [0.3, 0.4) is 0 Å². The maximum atomic E-state index is 5.18. The summed E-state index contributed by atoms with van der Waals surface area (Å²) in [5, 5.41) is 0. The van der Waals surface area contributed by atoms with Gasteiger partial charge in [-0.1, -0.05) is 0 Å². The summed E-state index contributed by atoms with van der Waals surface area (Å²) in [6, 6.07) is 0. The molecule has 0 aromatic rings. The summed E-state index contributed by atoms with van der Waals surface area (Å²) in [5.41, 5.74) is 0. The van der Waals surface area contributed by atoms with Gasteiger partial charge < -0.3 is 9.47 Å². The number of methoxy groups -OCH3 is 2. The van der Waals surface area contributed by atoms with Crippen molar-refractivity contribution in [1.82, 2.24) is 0 Å². The second-order valence-corrected chi connectivity index (χ2v) is 2.58. The maximum Gasteiger partial charge on any atom is 0.102 e. The molecule has 0 spiro atoms. The highest BCUT2D eigenvalue weighted by Gasteiger charge is 2.17. The molecule has 0 radical (unpaired) electrons. The molecule has 2 nitrogen and oxygen atoms in total. The molecule has 0 aromatic heterocycles. The molecule has 0 atom stereocenters. The predicted molar refractivity (Wildman–Crippen MR) is 44.0 cm³/mol. The Labute approximate surface area is 67.5 Å². The van der Waals surface area contributed by atoms with Gasteiger partial charge in [-0.25, -0.2) is 0 Å². The van der Waals surface area contributed by atoms with Gasteiger partial charge in [0.1, 0.15) is 11.5 Å². The van der Waals surface area contributed by atoms with Crippen molar-refractivity contribution in [3.05, 3.63) is 23.7 Å². The Morgan fingerprint density at radius 3 is 2.00 bits per heavy atom. The topological polar surface area (TPSA) is 18.5 Å². The highest BCUT2D eigenvalue weighted by atomic mass is 16.5. The van der Waals surface area contributed by atoms with Gasteiger partial charge in [-0.2, -0.15) is 0 Å². The lowest BCUT2D eigenvalue weighted by Gasteiger charge is -2.20. The summed E-state index contributed by atoms with van der Waals surface area (Å²) < 4.78 is 10.4. The molecular weight excluding hydrogens is 140 g/mol. The van der Waals surface area contributed by atoms with E-state index in [-0.39, 0.29) is 5.92 Å². The lowest BCUT2D eigenvalue weighted by atomic mass is 10.0. The first-order chi connectivity index (χ1) is 5.29. The van der Waals surface area contributed by atoms with Crippen LogP contribution in [-0.4, -0.2) is 14.2 Å². The summed E-state index contributed by atoms with van der Waals surface area (Å²) in [4.78, 5) is 0. The van der Waals surface area contributed by atoms with Crippen LogP contribution in [0, 0.1) is 5.92 Å². The molecule has 0 heterocycles. The van der Waals surface area contributed by atoms with Crippen molar-refractivity contribution in [3.63, 3.8) is 0 Å². The van der Waals surface area contributed by atoms with E-state index in [1.165, 1.54) is 0 Å². The van der Waals surface area contributed by atoms with Crippen molar-refractivity contribution in [3.8, 4) is 0 Å². The van der Waals surface area contributed by atoms with Gasteiger partial charge in [0.2, 0.25) is 0 Å². The van der Waals surface area contributed by atoms with E-state index < -0.39 is 0 Å². The van der Waals surface area contributed by atoms with Crippen LogP contribution in [0.15, 0.2) is 23.7 Å². The van der Waals surface area contributed by atoms with Gasteiger partial charge in [-0.15, -0.1) is 0 Å². The van der Waals surface area contributed by atoms with E-state index in [1.54, 1.807) is 14.2 Å². The number of allylic oxidation sites excluding steroid dienone is 2. The zero-order valence-electron chi connectivity index (χ0n) is 7.26. The Bertz CT molecular complexity index is 172. The second-order valence-electron chi connectivity index (χ2n) is 2.58. The van der Waals surface area contributed by atoms with Gasteiger partial charge in [0.15, 0.2) is 0 Å². The van der Waals surface area contributed by atoms with Gasteiger partial charge in [0.05, 0.1) is 20.1 Å². The third-order valence-corrected chi connectivity index (χ3v) is 1.96. The molecule has 0 amide bonds. The van der Waals surface area contributed by atoms with Crippen LogP contribution in [0.4, 0.5) is 0 Å². The zero-order chi connectivity index (χ0) is 8.27. The van der Waals surface area contributed by atoms with Crippen molar-refractivity contribution in [2.45, 2.75) is 13.3 Å². The first-order valence-corrected chi connectivity index (χ1v) is 3.77. The highest BCUT2D eigenvalue weighted by molar-refractivity contribution is 5.18. The van der Waals surface area contributed by atoms with Gasteiger partial charge in [-0.3, -0.25) is 0 Å². The van der Waals surface area contributed by atoms with Crippen LogP contribution in [0.2, 0.25) is 0 Å². The second kappa shape index (κ2) is 3.46. The maximum absolute atomic E-state index is 5.18. The van der Waals surface area contributed by atoms with E-state index in [0.29, 0.717) is 0 Å². The van der Waals surface area contributed by atoms with E-state index in [4.69, 9.17) is 9.47 Å². The Hall–Kier alpha value is -0.920. The quantitative estimate of drug-likeness (QED) is 0.606. The number of ether oxygens (including phenoxy) is 2. The lowest BCUT2D eigenvalue weighted by Crippen LogP contribution is -2.09. The standard InChI is InChI=1S/C9H14O2/c1-7-8(10-2)5-4-6-9(7)11-3/h5-7H,4H2,1-3H3. The van der Waals surface area contributed by atoms with Crippen LogP contribution in [0.25, 0.3) is 0 Å². The van der Waals surface area contributed by atoms with Gasteiger partial charge in [-0.05, 0) is 25.5 Å². The fraction of sp³-hybridized carbons (Fsp3) is 0.556. The van der Waals surface area contributed by atoms with Crippen LogP contribution < -0.4 is 0 Å². The normalized spacial score (nSPS) is 18.8. The fourth-order valence-electron chi connectivity index (χ4n) is 1.31. The fourth-order valence-corrected chi connectivity index (χ4v) is 1.31. The van der Waals surface area contributed by atoms with Crippen molar-refractivity contribution < 1.29 is 9.47 Å². The number of hydrogen-bond acceptors (Lipinski definition) is 2. The van der Waals surface area contributed by atoms with Crippen molar-refractivity contribution in [2.75, 3.05) is 14.2 Å². The van der Waals surface area contributed by atoms with E-state index in [1.807, 2.05) is 0 Å². The minimum Gasteiger partial charge on any atom is -0.501 e. The Morgan fingerprint density at radius 2 is 1.64 bits per heavy atom. The highest BCUT2D eigenvalue weighted by Crippen LogP contribution is 2.25. The molecule has 0 saturated heterocycles. The zero-order valence-corrected chi connectivity index (χ0v) is 7.26. The first kappa shape index (κ1) is 8.18. The molecule has 1 rings (SSSR count). The molecule has 0 fully saturated rings. The lowest BCUT2D eigenvalue weighted by molar-refractivity contribution is 0.196. The van der Waals surface area contributed by atoms with E-state index >= 15 is 0 Å². The summed E-state index contributed by atoms with van der Waals surface area (Å²) in [7, 11) is 3.39. The summed E-state index contributed by atoms with van der Waals surface area (Å²) in [6.45, 7) is 2.07. The van der Waals surface area contributed by atoms with Crippen LogP contribution in [0.5, 0.6) is 0 Å². The molecule has 0 N–H and O–H groups in total. The van der Waals surface area contributed by atoms with Crippen molar-refractivity contribution in [1.29, 1.82) is 0 Å². The van der Waals surface area contributed by atoms with E-state index in [9.17, 15) is 0 Å². The number of hydrogen-bond donors (Lipinski definition) is 0. The van der Waals surface area contributed by atoms with Crippen molar-refractivity contribution in [2.24, 2.45) is 5.92 Å². The van der Waals surface area contributed by atoms with E-state index in [0.717, 1.165) is 17.9 Å². The van der Waals surface area contributed by atoms with Crippen LogP contribution in [0.1, 0.15) is 13.3 Å². The smallest absolute Gasteiger partial charge is 0.102 e. The first-order valence-electron chi connectivity index (χ1n) is 3.77. The van der Waals surface area contributed by atoms with Crippen molar-refractivity contribution >= 4 is 0 Å². The average molecular weight is 154 g/mol. The van der Waals surface area contributed by atoms with Gasteiger partial charge >= 0.3 is 0 Å². The third-order valence-electron chi connectivity index (χ3n) is 1.96. The van der Waals surface area contributed by atoms with Gasteiger partial charge in [0.25, 0.3) is 0 Å². The molecule has 0 aliphatic heterocycles. The third kappa shape index (κ3) is 1.56. The molecule has 0 unspecified atom stereocenters.